The molecule has 0 aromatic heterocycles. The number of aryl methyl sites for hydroxylation is 2. The Labute approximate surface area is 159 Å². The Hall–Kier alpha value is -3.02. The maximum absolute atomic E-state index is 5.82. The van der Waals surface area contributed by atoms with Crippen LogP contribution in [0.15, 0.2) is 46.4 Å². The van der Waals surface area contributed by atoms with Gasteiger partial charge >= 0.3 is 0 Å². The van der Waals surface area contributed by atoms with E-state index in [2.05, 4.69) is 32.8 Å². The van der Waals surface area contributed by atoms with Crippen LogP contribution in [0.3, 0.4) is 0 Å². The number of benzene rings is 2. The molecule has 2 aliphatic heterocycles. The Morgan fingerprint density at radius 1 is 0.778 bits per heavy atom. The smallest absolute Gasteiger partial charge is 0.230 e. The summed E-state index contributed by atoms with van der Waals surface area (Å²) in [7, 11) is 0. The SMILES string of the molecule is Cc1cc(C2=NCCN2)ccc1OCOc1ccc(C2=NCCN2)cc1C. The van der Waals surface area contributed by atoms with Crippen molar-refractivity contribution in [2.45, 2.75) is 13.8 Å². The third-order valence-corrected chi connectivity index (χ3v) is 4.67. The molecule has 2 N–H and O–H groups in total. The van der Waals surface area contributed by atoms with Crippen molar-refractivity contribution < 1.29 is 9.47 Å². The maximum atomic E-state index is 5.82. The van der Waals surface area contributed by atoms with Crippen molar-refractivity contribution in [3.05, 3.63) is 58.7 Å². The zero-order valence-electron chi connectivity index (χ0n) is 15.7. The highest BCUT2D eigenvalue weighted by Gasteiger charge is 2.11. The second kappa shape index (κ2) is 7.70. The van der Waals surface area contributed by atoms with Crippen molar-refractivity contribution in [1.29, 1.82) is 0 Å². The molecule has 0 spiro atoms. The lowest BCUT2D eigenvalue weighted by atomic mass is 10.1. The standard InChI is InChI=1S/C21H24N4O2/c1-14-11-16(20-22-7-8-23-20)3-5-18(14)26-13-27-19-6-4-17(12-15(19)2)21-24-9-10-25-21/h3-6,11-12H,7-10,13H2,1-2H3,(H,22,23)(H,24,25). The van der Waals surface area contributed by atoms with Crippen LogP contribution in [0.5, 0.6) is 11.5 Å². The molecule has 6 nitrogen and oxygen atoms in total. The summed E-state index contributed by atoms with van der Waals surface area (Å²) < 4.78 is 11.6. The van der Waals surface area contributed by atoms with Gasteiger partial charge in [0.2, 0.25) is 6.79 Å². The van der Waals surface area contributed by atoms with Crippen molar-refractivity contribution in [3.8, 4) is 11.5 Å². The van der Waals surface area contributed by atoms with Gasteiger partial charge in [0.25, 0.3) is 0 Å². The molecular formula is C21H24N4O2. The third kappa shape index (κ3) is 3.89. The lowest BCUT2D eigenvalue weighted by Crippen LogP contribution is -2.19. The number of hydrogen-bond acceptors (Lipinski definition) is 6. The molecule has 6 heteroatoms. The van der Waals surface area contributed by atoms with Crippen LogP contribution in [0.4, 0.5) is 0 Å². The van der Waals surface area contributed by atoms with Gasteiger partial charge in [0, 0.05) is 24.2 Å². The molecule has 0 unspecified atom stereocenters. The van der Waals surface area contributed by atoms with E-state index in [0.29, 0.717) is 0 Å². The van der Waals surface area contributed by atoms with Crippen LogP contribution in [-0.2, 0) is 0 Å². The molecule has 0 saturated carbocycles. The molecule has 140 valence electrons. The van der Waals surface area contributed by atoms with Gasteiger partial charge < -0.3 is 20.1 Å². The van der Waals surface area contributed by atoms with E-state index in [1.807, 2.05) is 38.1 Å². The fourth-order valence-electron chi connectivity index (χ4n) is 3.26. The van der Waals surface area contributed by atoms with E-state index in [-0.39, 0.29) is 6.79 Å². The molecule has 0 atom stereocenters. The molecular weight excluding hydrogens is 340 g/mol. The molecule has 0 saturated heterocycles. The van der Waals surface area contributed by atoms with E-state index < -0.39 is 0 Å². The van der Waals surface area contributed by atoms with Crippen LogP contribution in [0.25, 0.3) is 0 Å². The molecule has 2 heterocycles. The first kappa shape index (κ1) is 17.4. The van der Waals surface area contributed by atoms with Gasteiger partial charge in [-0.1, -0.05) is 0 Å². The van der Waals surface area contributed by atoms with Crippen LogP contribution in [0, 0.1) is 13.8 Å². The first-order valence-corrected chi connectivity index (χ1v) is 9.25. The zero-order valence-corrected chi connectivity index (χ0v) is 15.7. The van der Waals surface area contributed by atoms with Crippen LogP contribution in [0.1, 0.15) is 22.3 Å². The van der Waals surface area contributed by atoms with Gasteiger partial charge in [-0.15, -0.1) is 0 Å². The summed E-state index contributed by atoms with van der Waals surface area (Å²) in [6, 6.07) is 12.2. The average Bonchev–Trinajstić information content (AvgIpc) is 3.38. The Bertz CT molecular complexity index is 832. The Morgan fingerprint density at radius 3 is 1.63 bits per heavy atom. The first-order chi connectivity index (χ1) is 13.2. The summed E-state index contributed by atoms with van der Waals surface area (Å²) in [5.41, 5.74) is 4.30. The topological polar surface area (TPSA) is 67.2 Å². The molecule has 4 rings (SSSR count). The van der Waals surface area contributed by atoms with Gasteiger partial charge in [-0.3, -0.25) is 9.98 Å². The fourth-order valence-corrected chi connectivity index (χ4v) is 3.26. The van der Waals surface area contributed by atoms with Crippen molar-refractivity contribution in [3.63, 3.8) is 0 Å². The van der Waals surface area contributed by atoms with Crippen LogP contribution < -0.4 is 20.1 Å². The number of rotatable bonds is 6. The minimum Gasteiger partial charge on any atom is -0.457 e. The van der Waals surface area contributed by atoms with E-state index in [1.165, 1.54) is 0 Å². The number of ether oxygens (including phenoxy) is 2. The molecule has 0 bridgehead atoms. The van der Waals surface area contributed by atoms with Gasteiger partial charge in [-0.25, -0.2) is 0 Å². The van der Waals surface area contributed by atoms with Crippen molar-refractivity contribution in [1.82, 2.24) is 10.6 Å². The summed E-state index contributed by atoms with van der Waals surface area (Å²) >= 11 is 0. The van der Waals surface area contributed by atoms with Crippen molar-refractivity contribution >= 4 is 11.7 Å². The van der Waals surface area contributed by atoms with Gasteiger partial charge in [0.1, 0.15) is 23.2 Å². The number of nitrogens with one attached hydrogen (secondary N) is 2. The monoisotopic (exact) mass is 364 g/mol. The van der Waals surface area contributed by atoms with E-state index in [9.17, 15) is 0 Å². The molecule has 0 aliphatic carbocycles. The minimum absolute atomic E-state index is 0.165. The zero-order chi connectivity index (χ0) is 18.6. The minimum atomic E-state index is 0.165. The number of nitrogens with zero attached hydrogens (tertiary/aromatic N) is 2. The number of aliphatic imine (C=N–C) groups is 2. The highest BCUT2D eigenvalue weighted by Crippen LogP contribution is 2.22. The van der Waals surface area contributed by atoms with E-state index in [4.69, 9.17) is 9.47 Å². The summed E-state index contributed by atoms with van der Waals surface area (Å²) in [5.74, 6) is 3.54. The fraction of sp³-hybridized carbons (Fsp3) is 0.333. The molecule has 0 radical (unpaired) electrons. The summed E-state index contributed by atoms with van der Waals surface area (Å²) in [4.78, 5) is 8.90. The average molecular weight is 364 g/mol. The largest absolute Gasteiger partial charge is 0.457 e. The third-order valence-electron chi connectivity index (χ3n) is 4.67. The lowest BCUT2D eigenvalue weighted by molar-refractivity contribution is 0.118. The predicted octanol–water partition coefficient (Wildman–Crippen LogP) is 2.42. The quantitative estimate of drug-likeness (QED) is 0.773. The lowest BCUT2D eigenvalue weighted by Gasteiger charge is -2.14. The van der Waals surface area contributed by atoms with Crippen LogP contribution in [-0.4, -0.2) is 44.6 Å². The molecule has 2 aromatic carbocycles. The number of hydrogen-bond donors (Lipinski definition) is 2. The van der Waals surface area contributed by atoms with E-state index in [1.54, 1.807) is 0 Å². The Kier molecular flexibility index (Phi) is 4.96. The highest BCUT2D eigenvalue weighted by atomic mass is 16.7. The summed E-state index contributed by atoms with van der Waals surface area (Å²) in [6.07, 6.45) is 0. The summed E-state index contributed by atoms with van der Waals surface area (Å²) in [5, 5.41) is 6.57. The second-order valence-corrected chi connectivity index (χ2v) is 6.68. The molecule has 2 aliphatic rings. The Balaban J connectivity index is 1.37. The van der Waals surface area contributed by atoms with E-state index >= 15 is 0 Å². The summed E-state index contributed by atoms with van der Waals surface area (Å²) in [6.45, 7) is 7.71. The Morgan fingerprint density at radius 2 is 1.26 bits per heavy atom. The van der Waals surface area contributed by atoms with Crippen LogP contribution >= 0.6 is 0 Å². The molecule has 0 amide bonds. The molecule has 2 aromatic rings. The predicted molar refractivity (Wildman–Crippen MR) is 107 cm³/mol. The van der Waals surface area contributed by atoms with Gasteiger partial charge in [-0.2, -0.15) is 0 Å². The van der Waals surface area contributed by atoms with Crippen molar-refractivity contribution in [2.75, 3.05) is 33.0 Å². The normalized spacial score (nSPS) is 15.6. The second-order valence-electron chi connectivity index (χ2n) is 6.68. The van der Waals surface area contributed by atoms with Crippen molar-refractivity contribution in [2.24, 2.45) is 9.98 Å². The van der Waals surface area contributed by atoms with Gasteiger partial charge in [-0.05, 0) is 61.4 Å². The first-order valence-electron chi connectivity index (χ1n) is 9.25. The maximum Gasteiger partial charge on any atom is 0.230 e. The number of amidine groups is 2. The van der Waals surface area contributed by atoms with Gasteiger partial charge in [0.15, 0.2) is 0 Å². The van der Waals surface area contributed by atoms with E-state index in [0.717, 1.165) is 71.6 Å². The highest BCUT2D eigenvalue weighted by molar-refractivity contribution is 6.00. The molecule has 0 fully saturated rings. The molecule has 27 heavy (non-hydrogen) atoms. The van der Waals surface area contributed by atoms with Gasteiger partial charge in [0.05, 0.1) is 13.1 Å². The van der Waals surface area contributed by atoms with Crippen LogP contribution in [0.2, 0.25) is 0 Å².